The highest BCUT2D eigenvalue weighted by atomic mass is 19.1. The Balaban J connectivity index is 0.00000132. The summed E-state index contributed by atoms with van der Waals surface area (Å²) in [5.74, 6) is -3.31. The van der Waals surface area contributed by atoms with Gasteiger partial charge in [-0.05, 0) is 62.5 Å². The van der Waals surface area contributed by atoms with Crippen LogP contribution in [0.15, 0.2) is 12.1 Å². The molecule has 0 bridgehead atoms. The highest BCUT2D eigenvalue weighted by Gasteiger charge is 2.38. The fourth-order valence-electron chi connectivity index (χ4n) is 5.18. The molecule has 0 radical (unpaired) electrons. The lowest BCUT2D eigenvalue weighted by Crippen LogP contribution is -2.42. The number of hydrogen-bond donors (Lipinski definition) is 1. The van der Waals surface area contributed by atoms with E-state index in [1.807, 2.05) is 18.7 Å². The van der Waals surface area contributed by atoms with Crippen molar-refractivity contribution in [3.63, 3.8) is 0 Å². The molecule has 31 heavy (non-hydrogen) atoms. The maximum absolute atomic E-state index is 14.8. The van der Waals surface area contributed by atoms with E-state index >= 15 is 0 Å². The predicted molar refractivity (Wildman–Crippen MR) is 115 cm³/mol. The third-order valence-corrected chi connectivity index (χ3v) is 7.12. The summed E-state index contributed by atoms with van der Waals surface area (Å²) in [5.41, 5.74) is 0.492. The van der Waals surface area contributed by atoms with Crippen LogP contribution in [-0.4, -0.2) is 31.2 Å². The molecule has 7 heteroatoms. The Kier molecular flexibility index (Phi) is 7.44. The zero-order valence-corrected chi connectivity index (χ0v) is 18.4. The smallest absolute Gasteiger partial charge is 0.234 e. The Morgan fingerprint density at radius 3 is 2.10 bits per heavy atom. The highest BCUT2D eigenvalue weighted by molar-refractivity contribution is 6.01. The number of nitrogens with zero attached hydrogens (tertiary/aromatic N) is 1. The number of benzene rings is 1. The predicted octanol–water partition coefficient (Wildman–Crippen LogP) is 4.49. The second-order valence-electron chi connectivity index (χ2n) is 8.79. The minimum atomic E-state index is -0.973. The van der Waals surface area contributed by atoms with E-state index in [2.05, 4.69) is 5.32 Å². The Labute approximate surface area is 182 Å². The third kappa shape index (κ3) is 4.96. The van der Waals surface area contributed by atoms with Crippen molar-refractivity contribution in [3.05, 3.63) is 29.3 Å². The van der Waals surface area contributed by atoms with E-state index in [1.54, 1.807) is 0 Å². The van der Waals surface area contributed by atoms with Gasteiger partial charge in [-0.25, -0.2) is 8.78 Å². The number of carbonyl (C=O) groups is 3. The van der Waals surface area contributed by atoms with E-state index in [0.29, 0.717) is 5.69 Å². The molecule has 1 spiro atoms. The number of anilines is 1. The van der Waals surface area contributed by atoms with Gasteiger partial charge < -0.3 is 9.69 Å². The van der Waals surface area contributed by atoms with Gasteiger partial charge in [-0.15, -0.1) is 0 Å². The minimum absolute atomic E-state index is 0.0796. The normalized spacial score (nSPS) is 23.7. The van der Waals surface area contributed by atoms with Gasteiger partial charge in [-0.2, -0.15) is 0 Å². The van der Waals surface area contributed by atoms with Crippen LogP contribution in [-0.2, 0) is 14.4 Å². The van der Waals surface area contributed by atoms with Crippen LogP contribution in [0.2, 0.25) is 0 Å². The Hall–Kier alpha value is -2.31. The quantitative estimate of drug-likeness (QED) is 0.562. The molecule has 1 aliphatic carbocycles. The molecule has 3 aliphatic rings. The van der Waals surface area contributed by atoms with Crippen molar-refractivity contribution in [2.75, 3.05) is 18.0 Å². The lowest BCUT2D eigenvalue weighted by atomic mass is 9.65. The topological polar surface area (TPSA) is 66.5 Å². The Morgan fingerprint density at radius 2 is 1.58 bits per heavy atom. The fourth-order valence-corrected chi connectivity index (χ4v) is 5.18. The van der Waals surface area contributed by atoms with E-state index in [-0.39, 0.29) is 29.7 Å². The van der Waals surface area contributed by atoms with Crippen LogP contribution in [0.4, 0.5) is 14.5 Å². The monoisotopic (exact) mass is 434 g/mol. The van der Waals surface area contributed by atoms with E-state index in [1.165, 1.54) is 12.1 Å². The number of piperidine rings is 2. The summed E-state index contributed by atoms with van der Waals surface area (Å²) in [6.07, 6.45) is 7.14. The molecule has 2 heterocycles. The number of hydrogen-bond acceptors (Lipinski definition) is 4. The second-order valence-corrected chi connectivity index (χ2v) is 8.79. The van der Waals surface area contributed by atoms with E-state index in [0.717, 1.165) is 57.9 Å². The molecule has 0 aromatic heterocycles. The Morgan fingerprint density at radius 1 is 1.00 bits per heavy atom. The van der Waals surface area contributed by atoms with Gasteiger partial charge in [0.15, 0.2) is 0 Å². The van der Waals surface area contributed by atoms with Crippen molar-refractivity contribution in [1.82, 2.24) is 5.32 Å². The van der Waals surface area contributed by atoms with Crippen molar-refractivity contribution in [2.45, 2.75) is 71.1 Å². The Bertz CT molecular complexity index is 801. The molecule has 1 saturated carbocycles. The zero-order chi connectivity index (χ0) is 22.6. The van der Waals surface area contributed by atoms with Gasteiger partial charge in [-0.1, -0.05) is 13.8 Å². The van der Waals surface area contributed by atoms with Crippen LogP contribution in [0, 0.1) is 23.0 Å². The summed E-state index contributed by atoms with van der Waals surface area (Å²) in [4.78, 5) is 36.3. The summed E-state index contributed by atoms with van der Waals surface area (Å²) in [6, 6.07) is 2.62. The van der Waals surface area contributed by atoms with Crippen molar-refractivity contribution < 1.29 is 23.2 Å². The van der Waals surface area contributed by atoms with Gasteiger partial charge in [0.05, 0.1) is 5.92 Å². The van der Waals surface area contributed by atoms with Crippen LogP contribution in [0.3, 0.4) is 0 Å². The number of aldehydes is 1. The summed E-state index contributed by atoms with van der Waals surface area (Å²) in [5, 5.41) is 2.16. The summed E-state index contributed by atoms with van der Waals surface area (Å²) < 4.78 is 29.6. The van der Waals surface area contributed by atoms with Gasteiger partial charge >= 0.3 is 0 Å². The molecule has 5 nitrogen and oxygen atoms in total. The first-order chi connectivity index (χ1) is 14.9. The van der Waals surface area contributed by atoms with E-state index in [4.69, 9.17) is 0 Å². The molecule has 1 atom stereocenters. The average Bonchev–Trinajstić information content (AvgIpc) is 2.77. The number of amides is 2. The van der Waals surface area contributed by atoms with Crippen molar-refractivity contribution in [3.8, 4) is 0 Å². The van der Waals surface area contributed by atoms with E-state index in [9.17, 15) is 23.2 Å². The minimum Gasteiger partial charge on any atom is -0.371 e. The summed E-state index contributed by atoms with van der Waals surface area (Å²) in [7, 11) is 0. The molecule has 170 valence electrons. The van der Waals surface area contributed by atoms with Crippen molar-refractivity contribution >= 4 is 23.8 Å². The molecule has 1 unspecified atom stereocenters. The van der Waals surface area contributed by atoms with Gasteiger partial charge in [0.2, 0.25) is 11.8 Å². The molecule has 2 saturated heterocycles. The second kappa shape index (κ2) is 9.88. The van der Waals surface area contributed by atoms with Crippen LogP contribution < -0.4 is 10.2 Å². The maximum Gasteiger partial charge on any atom is 0.234 e. The molecule has 2 aliphatic heterocycles. The van der Waals surface area contributed by atoms with Crippen LogP contribution in [0.25, 0.3) is 0 Å². The van der Waals surface area contributed by atoms with Gasteiger partial charge in [0.1, 0.15) is 17.9 Å². The number of nitrogens with one attached hydrogen (secondary N) is 1. The first kappa shape index (κ1) is 23.4. The summed E-state index contributed by atoms with van der Waals surface area (Å²) >= 11 is 0. The average molecular weight is 435 g/mol. The third-order valence-electron chi connectivity index (χ3n) is 7.12. The largest absolute Gasteiger partial charge is 0.371 e. The molecule has 4 rings (SSSR count). The maximum atomic E-state index is 14.8. The SMILES string of the molecule is CC.O=CC1CCC2(CC1)CCN(c1cc(F)c(C3CCC(=O)NC3=O)c(F)c1)CC2. The van der Waals surface area contributed by atoms with Crippen LogP contribution >= 0.6 is 0 Å². The molecule has 3 fully saturated rings. The first-order valence-electron chi connectivity index (χ1n) is 11.4. The molecule has 2 amide bonds. The van der Waals surface area contributed by atoms with Crippen molar-refractivity contribution in [1.29, 1.82) is 0 Å². The molecule has 1 aromatic carbocycles. The molecule has 1 N–H and O–H groups in total. The van der Waals surface area contributed by atoms with Gasteiger partial charge in [-0.3, -0.25) is 14.9 Å². The van der Waals surface area contributed by atoms with E-state index < -0.39 is 29.4 Å². The van der Waals surface area contributed by atoms with Gasteiger partial charge in [0, 0.05) is 36.7 Å². The fraction of sp³-hybridized carbons (Fsp3) is 0.625. The summed E-state index contributed by atoms with van der Waals surface area (Å²) in [6.45, 7) is 5.45. The highest BCUT2D eigenvalue weighted by Crippen LogP contribution is 2.46. The van der Waals surface area contributed by atoms with Crippen molar-refractivity contribution in [2.24, 2.45) is 11.3 Å². The molecular weight excluding hydrogens is 402 g/mol. The zero-order valence-electron chi connectivity index (χ0n) is 18.4. The standard InChI is InChI=1S/C22H26F2N2O3.C2H6/c23-17-11-15(12-18(24)20(17)16-1-2-19(28)25-21(16)29)26-9-7-22(8-10-26)5-3-14(13-27)4-6-22;1-2/h11-14,16H,1-10H2,(H,25,28,29);1-2H3. The first-order valence-corrected chi connectivity index (χ1v) is 11.4. The molecule has 1 aromatic rings. The van der Waals surface area contributed by atoms with Gasteiger partial charge in [0.25, 0.3) is 0 Å². The number of imide groups is 1. The molecular formula is C24H32F2N2O3. The number of carbonyl (C=O) groups excluding carboxylic acids is 3. The number of halogens is 2. The lowest BCUT2D eigenvalue weighted by molar-refractivity contribution is -0.134. The lowest BCUT2D eigenvalue weighted by Gasteiger charge is -2.46. The van der Waals surface area contributed by atoms with Crippen LogP contribution in [0.5, 0.6) is 0 Å². The van der Waals surface area contributed by atoms with Crippen LogP contribution in [0.1, 0.15) is 76.7 Å². The number of rotatable bonds is 3.